The van der Waals surface area contributed by atoms with E-state index in [1.807, 2.05) is 23.6 Å². The molecule has 2 N–H and O–H groups in total. The van der Waals surface area contributed by atoms with Crippen LogP contribution in [0.25, 0.3) is 0 Å². The van der Waals surface area contributed by atoms with Crippen molar-refractivity contribution >= 4 is 23.2 Å². The molecule has 0 aliphatic heterocycles. The Hall–Kier alpha value is -2.21. The Morgan fingerprint density at radius 2 is 2.14 bits per heavy atom. The van der Waals surface area contributed by atoms with E-state index in [1.165, 1.54) is 11.3 Å². The van der Waals surface area contributed by atoms with Crippen molar-refractivity contribution in [3.63, 3.8) is 0 Å². The molecule has 2 aromatic rings. The molecule has 0 saturated heterocycles. The van der Waals surface area contributed by atoms with E-state index in [0.29, 0.717) is 6.54 Å². The molecular formula is C15H16N2O3S. The predicted octanol–water partition coefficient (Wildman–Crippen LogP) is 2.41. The van der Waals surface area contributed by atoms with Gasteiger partial charge in [-0.05, 0) is 23.1 Å². The van der Waals surface area contributed by atoms with E-state index in [1.54, 1.807) is 18.5 Å². The summed E-state index contributed by atoms with van der Waals surface area (Å²) in [6, 6.07) is 7.41. The number of hydrogen-bond donors (Lipinski definition) is 2. The fraction of sp³-hybridized carbons (Fsp3) is 0.267. The lowest BCUT2D eigenvalue weighted by atomic mass is 9.99. The lowest BCUT2D eigenvalue weighted by molar-refractivity contribution is -0.137. The van der Waals surface area contributed by atoms with Gasteiger partial charge in [-0.25, -0.2) is 0 Å². The van der Waals surface area contributed by atoms with E-state index in [-0.39, 0.29) is 24.7 Å². The van der Waals surface area contributed by atoms with E-state index in [2.05, 4.69) is 10.3 Å². The van der Waals surface area contributed by atoms with Gasteiger partial charge in [0.1, 0.15) is 0 Å². The van der Waals surface area contributed by atoms with Crippen LogP contribution in [0.4, 0.5) is 0 Å². The molecule has 0 aromatic carbocycles. The summed E-state index contributed by atoms with van der Waals surface area (Å²) in [6.07, 6.45) is 3.49. The first-order valence-corrected chi connectivity index (χ1v) is 7.44. The van der Waals surface area contributed by atoms with Crippen molar-refractivity contribution in [2.45, 2.75) is 25.3 Å². The Morgan fingerprint density at radius 1 is 1.29 bits per heavy atom. The van der Waals surface area contributed by atoms with Crippen molar-refractivity contribution < 1.29 is 14.7 Å². The molecule has 0 radical (unpaired) electrons. The summed E-state index contributed by atoms with van der Waals surface area (Å²) in [6.45, 7) is 0.400. The molecule has 21 heavy (non-hydrogen) atoms. The molecule has 0 aliphatic carbocycles. The molecule has 5 nitrogen and oxygen atoms in total. The van der Waals surface area contributed by atoms with Gasteiger partial charge in [0.15, 0.2) is 0 Å². The van der Waals surface area contributed by atoms with Gasteiger partial charge in [-0.3, -0.25) is 14.6 Å². The molecule has 1 amide bonds. The number of nitrogens with zero attached hydrogens (tertiary/aromatic N) is 1. The molecule has 110 valence electrons. The molecule has 2 rings (SSSR count). The molecule has 0 bridgehead atoms. The quantitative estimate of drug-likeness (QED) is 0.823. The maximum absolute atomic E-state index is 12.0. The van der Waals surface area contributed by atoms with Gasteiger partial charge < -0.3 is 10.4 Å². The van der Waals surface area contributed by atoms with Gasteiger partial charge in [0.25, 0.3) is 0 Å². The highest BCUT2D eigenvalue weighted by Gasteiger charge is 2.20. The van der Waals surface area contributed by atoms with Crippen LogP contribution >= 0.6 is 11.3 Å². The molecule has 1 atom stereocenters. The summed E-state index contributed by atoms with van der Waals surface area (Å²) in [5, 5.41) is 13.7. The van der Waals surface area contributed by atoms with Crippen molar-refractivity contribution in [3.8, 4) is 0 Å². The lowest BCUT2D eigenvalue weighted by Gasteiger charge is -2.13. The topological polar surface area (TPSA) is 79.3 Å². The van der Waals surface area contributed by atoms with Crippen LogP contribution in [-0.2, 0) is 16.1 Å². The number of amides is 1. The number of aliphatic carboxylic acids is 1. The summed E-state index contributed by atoms with van der Waals surface area (Å²) >= 11 is 1.48. The number of carboxylic acids is 1. The van der Waals surface area contributed by atoms with Crippen LogP contribution in [0.3, 0.4) is 0 Å². The average molecular weight is 304 g/mol. The zero-order valence-corrected chi connectivity index (χ0v) is 12.2. The third kappa shape index (κ3) is 5.00. The van der Waals surface area contributed by atoms with Crippen LogP contribution in [0.5, 0.6) is 0 Å². The van der Waals surface area contributed by atoms with Gasteiger partial charge in [-0.2, -0.15) is 0 Å². The fourth-order valence-corrected chi connectivity index (χ4v) is 2.84. The Labute approximate surface area is 126 Å². The number of carbonyl (C=O) groups excluding carboxylic acids is 1. The summed E-state index contributed by atoms with van der Waals surface area (Å²) in [5.74, 6) is -1.33. The number of carbonyl (C=O) groups is 2. The summed E-state index contributed by atoms with van der Waals surface area (Å²) in [7, 11) is 0. The Kier molecular flexibility index (Phi) is 5.45. The number of hydrogen-bond acceptors (Lipinski definition) is 4. The maximum Gasteiger partial charge on any atom is 0.304 e. The minimum atomic E-state index is -0.895. The standard InChI is InChI=1S/C15H16N2O3S/c18-14(17-10-11-3-1-5-16-9-11)7-12(8-15(19)20)13-4-2-6-21-13/h1-6,9,12H,7-8,10H2,(H,17,18)(H,19,20). The van der Waals surface area contributed by atoms with Crippen molar-refractivity contribution in [1.29, 1.82) is 0 Å². The average Bonchev–Trinajstić information content (AvgIpc) is 2.99. The first-order valence-electron chi connectivity index (χ1n) is 6.56. The zero-order valence-electron chi connectivity index (χ0n) is 11.4. The number of rotatable bonds is 7. The highest BCUT2D eigenvalue weighted by Crippen LogP contribution is 2.27. The largest absolute Gasteiger partial charge is 0.481 e. The molecule has 0 fully saturated rings. The molecule has 2 aromatic heterocycles. The third-order valence-corrected chi connectivity index (χ3v) is 4.05. The van der Waals surface area contributed by atoms with Gasteiger partial charge in [-0.1, -0.05) is 12.1 Å². The van der Waals surface area contributed by atoms with Gasteiger partial charge in [0, 0.05) is 36.2 Å². The highest BCUT2D eigenvalue weighted by atomic mass is 32.1. The van der Waals surface area contributed by atoms with Gasteiger partial charge in [0.05, 0.1) is 6.42 Å². The van der Waals surface area contributed by atoms with Gasteiger partial charge >= 0.3 is 5.97 Å². The minimum Gasteiger partial charge on any atom is -0.481 e. The van der Waals surface area contributed by atoms with Crippen LogP contribution in [-0.4, -0.2) is 22.0 Å². The number of thiophene rings is 1. The normalized spacial score (nSPS) is 11.8. The predicted molar refractivity (Wildman–Crippen MR) is 80.0 cm³/mol. The highest BCUT2D eigenvalue weighted by molar-refractivity contribution is 7.10. The molecule has 2 heterocycles. The minimum absolute atomic E-state index is 0.0408. The first-order chi connectivity index (χ1) is 10.1. The number of nitrogens with one attached hydrogen (secondary N) is 1. The SMILES string of the molecule is O=C(O)CC(CC(=O)NCc1cccnc1)c1cccs1. The van der Waals surface area contributed by atoms with E-state index >= 15 is 0 Å². The van der Waals surface area contributed by atoms with Crippen LogP contribution in [0.15, 0.2) is 42.0 Å². The van der Waals surface area contributed by atoms with Crippen LogP contribution in [0.1, 0.15) is 29.2 Å². The van der Waals surface area contributed by atoms with Crippen LogP contribution < -0.4 is 5.32 Å². The first kappa shape index (κ1) is 15.2. The van der Waals surface area contributed by atoms with E-state index in [0.717, 1.165) is 10.4 Å². The van der Waals surface area contributed by atoms with E-state index in [9.17, 15) is 9.59 Å². The lowest BCUT2D eigenvalue weighted by Crippen LogP contribution is -2.25. The van der Waals surface area contributed by atoms with Crippen LogP contribution in [0.2, 0.25) is 0 Å². The smallest absolute Gasteiger partial charge is 0.304 e. The summed E-state index contributed by atoms with van der Waals surface area (Å²) in [4.78, 5) is 27.8. The Morgan fingerprint density at radius 3 is 2.76 bits per heavy atom. The molecule has 6 heteroatoms. The van der Waals surface area contributed by atoms with Crippen molar-refractivity contribution in [3.05, 3.63) is 52.5 Å². The molecule has 0 spiro atoms. The Balaban J connectivity index is 1.90. The summed E-state index contributed by atoms with van der Waals surface area (Å²) < 4.78 is 0. The van der Waals surface area contributed by atoms with Crippen molar-refractivity contribution in [2.24, 2.45) is 0 Å². The van der Waals surface area contributed by atoms with Gasteiger partial charge in [-0.15, -0.1) is 11.3 Å². The molecule has 0 aliphatic rings. The molecule has 1 unspecified atom stereocenters. The third-order valence-electron chi connectivity index (χ3n) is 3.01. The second-order valence-corrected chi connectivity index (χ2v) is 5.63. The maximum atomic E-state index is 12.0. The molecular weight excluding hydrogens is 288 g/mol. The van der Waals surface area contributed by atoms with Crippen LogP contribution in [0, 0.1) is 0 Å². The fourth-order valence-electron chi connectivity index (χ4n) is 2.01. The Bertz CT molecular complexity index is 584. The van der Waals surface area contributed by atoms with E-state index < -0.39 is 5.97 Å². The summed E-state index contributed by atoms with van der Waals surface area (Å²) in [5.41, 5.74) is 0.914. The van der Waals surface area contributed by atoms with Crippen molar-refractivity contribution in [2.75, 3.05) is 0 Å². The second-order valence-electron chi connectivity index (χ2n) is 4.65. The monoisotopic (exact) mass is 304 g/mol. The number of carboxylic acid groups (broad SMARTS) is 1. The van der Waals surface area contributed by atoms with E-state index in [4.69, 9.17) is 5.11 Å². The molecule has 0 saturated carbocycles. The second kappa shape index (κ2) is 7.54. The number of pyridine rings is 1. The van der Waals surface area contributed by atoms with Gasteiger partial charge in [0.2, 0.25) is 5.91 Å². The zero-order chi connectivity index (χ0) is 15.1. The number of aromatic nitrogens is 1. The van der Waals surface area contributed by atoms with Crippen molar-refractivity contribution in [1.82, 2.24) is 10.3 Å².